The van der Waals surface area contributed by atoms with Crippen LogP contribution in [0.2, 0.25) is 5.02 Å². The molecule has 0 saturated carbocycles. The van der Waals surface area contributed by atoms with E-state index >= 15 is 0 Å². The third kappa shape index (κ3) is 3.98. The number of carbonyl (C=O) groups is 1. The fourth-order valence-electron chi connectivity index (χ4n) is 3.13. The van der Waals surface area contributed by atoms with Crippen molar-refractivity contribution in [2.45, 2.75) is 31.1 Å². The quantitative estimate of drug-likeness (QED) is 0.548. The summed E-state index contributed by atoms with van der Waals surface area (Å²) in [6, 6.07) is 10.5. The molecule has 0 radical (unpaired) electrons. The predicted octanol–water partition coefficient (Wildman–Crippen LogP) is 4.85. The number of benzene rings is 2. The smallest absolute Gasteiger partial charge is 0.255 e. The molecule has 1 amide bonds. The summed E-state index contributed by atoms with van der Waals surface area (Å²) in [6.07, 6.45) is 0. The minimum Gasteiger partial charge on any atom is -0.386 e. The Balaban J connectivity index is 1.98. The van der Waals surface area contributed by atoms with E-state index in [1.165, 1.54) is 12.1 Å². The Morgan fingerprint density at radius 3 is 2.41 bits per heavy atom. The molecule has 1 unspecified atom stereocenters. The van der Waals surface area contributed by atoms with Crippen molar-refractivity contribution in [2.75, 3.05) is 11.1 Å². The van der Waals surface area contributed by atoms with Gasteiger partial charge in [0.05, 0.1) is 5.75 Å². The third-order valence-electron chi connectivity index (χ3n) is 5.19. The number of aliphatic imine (C=N–C) groups is 1. The molecule has 9 heteroatoms. The van der Waals surface area contributed by atoms with Gasteiger partial charge in [0.15, 0.2) is 0 Å². The van der Waals surface area contributed by atoms with Crippen LogP contribution in [-0.4, -0.2) is 31.3 Å². The number of nitrogens with zero attached hydrogens (tertiary/aromatic N) is 1. The Kier molecular flexibility index (Phi) is 5.42. The van der Waals surface area contributed by atoms with Gasteiger partial charge in [-0.2, -0.15) is 10.6 Å². The summed E-state index contributed by atoms with van der Waals surface area (Å²) in [5, 5.41) is 3.25. The van der Waals surface area contributed by atoms with E-state index < -0.39 is 32.6 Å². The van der Waals surface area contributed by atoms with E-state index in [4.69, 9.17) is 17.3 Å². The Morgan fingerprint density at radius 2 is 1.83 bits per heavy atom. The van der Waals surface area contributed by atoms with Crippen LogP contribution in [0.15, 0.2) is 47.5 Å². The first-order valence-corrected chi connectivity index (χ1v) is 10.9. The van der Waals surface area contributed by atoms with Crippen molar-refractivity contribution in [3.8, 4) is 0 Å². The average Bonchev–Trinajstić information content (AvgIpc) is 2.62. The van der Waals surface area contributed by atoms with Crippen LogP contribution >= 0.6 is 22.2 Å². The molecule has 1 atom stereocenters. The largest absolute Gasteiger partial charge is 0.386 e. The molecule has 1 aliphatic heterocycles. The molecule has 156 valence electrons. The lowest BCUT2D eigenvalue weighted by Crippen LogP contribution is -2.52. The maximum absolute atomic E-state index is 14.7. The van der Waals surface area contributed by atoms with Crippen LogP contribution < -0.4 is 11.1 Å². The van der Waals surface area contributed by atoms with Gasteiger partial charge in [0.2, 0.25) is 0 Å². The van der Waals surface area contributed by atoms with E-state index in [2.05, 4.69) is 10.3 Å². The molecule has 29 heavy (non-hydrogen) atoms. The fourth-order valence-corrected chi connectivity index (χ4v) is 5.00. The number of nitrogens with one attached hydrogen (secondary N) is 1. The summed E-state index contributed by atoms with van der Waals surface area (Å²) < 4.78 is 34.8. The molecule has 0 spiro atoms. The maximum atomic E-state index is 14.7. The van der Waals surface area contributed by atoms with Crippen LogP contribution in [0.3, 0.4) is 0 Å². The van der Waals surface area contributed by atoms with Gasteiger partial charge < -0.3 is 11.1 Å². The molecule has 0 aromatic heterocycles. The zero-order valence-electron chi connectivity index (χ0n) is 16.2. The second-order valence-electron chi connectivity index (χ2n) is 7.75. The van der Waals surface area contributed by atoms with Crippen LogP contribution in [0.1, 0.15) is 36.7 Å². The Hall–Kier alpha value is -2.13. The van der Waals surface area contributed by atoms with Gasteiger partial charge in [-0.1, -0.05) is 11.6 Å². The number of halogens is 2. The second-order valence-corrected chi connectivity index (χ2v) is 10.8. The number of carbonyl (C=O) groups excluding carboxylic acids is 1. The van der Waals surface area contributed by atoms with Gasteiger partial charge >= 0.3 is 0 Å². The lowest BCUT2D eigenvalue weighted by Gasteiger charge is -2.53. The normalized spacial score (nSPS) is 23.8. The topological polar surface area (TPSA) is 108 Å². The molecular formula is C20H23ClFN3O3S. The first kappa shape index (κ1) is 21.6. The first-order valence-electron chi connectivity index (χ1n) is 8.84. The van der Waals surface area contributed by atoms with Crippen molar-refractivity contribution in [3.63, 3.8) is 0 Å². The Morgan fingerprint density at radius 1 is 1.21 bits per heavy atom. The molecule has 1 heterocycles. The molecule has 6 nitrogen and oxygen atoms in total. The molecule has 2 aromatic rings. The van der Waals surface area contributed by atoms with Crippen LogP contribution in [-0.2, 0) is 5.54 Å². The number of rotatable bonds is 3. The van der Waals surface area contributed by atoms with E-state index in [1.807, 2.05) is 0 Å². The number of amides is 1. The highest BCUT2D eigenvalue weighted by Gasteiger charge is 2.49. The molecule has 5 N–H and O–H groups in total. The van der Waals surface area contributed by atoms with E-state index in [0.717, 1.165) is 6.07 Å². The van der Waals surface area contributed by atoms with Crippen molar-refractivity contribution in [1.82, 2.24) is 0 Å². The highest BCUT2D eigenvalue weighted by atomic mass is 35.5. The van der Waals surface area contributed by atoms with Crippen LogP contribution in [0.4, 0.5) is 10.1 Å². The molecular weight excluding hydrogens is 417 g/mol. The lowest BCUT2D eigenvalue weighted by atomic mass is 9.91. The summed E-state index contributed by atoms with van der Waals surface area (Å²) in [4.78, 5) is 17.0. The molecule has 1 aliphatic rings. The summed E-state index contributed by atoms with van der Waals surface area (Å²) >= 11 is 5.84. The maximum Gasteiger partial charge on any atom is 0.255 e. The zero-order chi connectivity index (χ0) is 21.6. The number of hydrogen-bond acceptors (Lipinski definition) is 5. The highest BCUT2D eigenvalue weighted by Crippen LogP contribution is 2.59. The molecule has 0 saturated heterocycles. The van der Waals surface area contributed by atoms with Gasteiger partial charge in [-0.3, -0.25) is 18.9 Å². The number of nitrogens with two attached hydrogens (primary N) is 1. The highest BCUT2D eigenvalue weighted by molar-refractivity contribution is 8.26. The summed E-state index contributed by atoms with van der Waals surface area (Å²) in [7, 11) is -3.20. The van der Waals surface area contributed by atoms with Crippen molar-refractivity contribution in [1.29, 1.82) is 0 Å². The average molecular weight is 440 g/mol. The van der Waals surface area contributed by atoms with Gasteiger partial charge in [-0.25, -0.2) is 4.39 Å². The fraction of sp³-hybridized carbons (Fsp3) is 0.300. The molecule has 2 aromatic carbocycles. The Bertz CT molecular complexity index is 995. The van der Waals surface area contributed by atoms with Crippen molar-refractivity contribution >= 4 is 39.6 Å². The van der Waals surface area contributed by atoms with Gasteiger partial charge in [0.1, 0.15) is 21.9 Å². The number of anilines is 1. The zero-order valence-corrected chi connectivity index (χ0v) is 17.8. The molecule has 0 aliphatic carbocycles. The number of amidine groups is 1. The minimum absolute atomic E-state index is 0.0293. The van der Waals surface area contributed by atoms with Crippen molar-refractivity contribution in [2.24, 2.45) is 10.7 Å². The SMILES string of the molecule is CC1(c2cc(C(=O)Nc3ccc(Cl)cc3)ccc2F)CS(O)(O)C(C)(C)C(N)=N1. The third-order valence-corrected chi connectivity index (χ3v) is 8.25. The van der Waals surface area contributed by atoms with E-state index in [1.54, 1.807) is 45.0 Å². The van der Waals surface area contributed by atoms with Crippen LogP contribution in [0, 0.1) is 5.82 Å². The Labute approximate surface area is 175 Å². The van der Waals surface area contributed by atoms with Gasteiger partial charge in [-0.05, 0) is 63.2 Å². The standard InChI is InChI=1S/C20H23ClFN3O3S/c1-19(2)18(23)25-20(3,11-29(19,27)28)15-10-12(4-9-16(15)22)17(26)24-14-7-5-13(21)6-8-14/h4-10,27-28H,11H2,1-3H3,(H2,23,25)(H,24,26). The van der Waals surface area contributed by atoms with E-state index in [9.17, 15) is 18.3 Å². The van der Waals surface area contributed by atoms with Crippen LogP contribution in [0.25, 0.3) is 0 Å². The van der Waals surface area contributed by atoms with Crippen molar-refractivity contribution < 1.29 is 18.3 Å². The lowest BCUT2D eigenvalue weighted by molar-refractivity contribution is 0.102. The first-order chi connectivity index (χ1) is 13.4. The van der Waals surface area contributed by atoms with E-state index in [0.29, 0.717) is 10.7 Å². The monoisotopic (exact) mass is 439 g/mol. The van der Waals surface area contributed by atoms with Gasteiger partial charge in [0.25, 0.3) is 5.91 Å². The van der Waals surface area contributed by atoms with Gasteiger partial charge in [0, 0.05) is 21.8 Å². The molecule has 0 bridgehead atoms. The van der Waals surface area contributed by atoms with Gasteiger partial charge in [-0.15, -0.1) is 0 Å². The van der Waals surface area contributed by atoms with E-state index in [-0.39, 0.29) is 22.7 Å². The minimum atomic E-state index is -3.20. The van der Waals surface area contributed by atoms with Crippen LogP contribution in [0.5, 0.6) is 0 Å². The number of hydrogen-bond donors (Lipinski definition) is 4. The summed E-state index contributed by atoms with van der Waals surface area (Å²) in [5.41, 5.74) is 5.49. The predicted molar refractivity (Wildman–Crippen MR) is 117 cm³/mol. The van der Waals surface area contributed by atoms with Crippen molar-refractivity contribution in [3.05, 3.63) is 64.4 Å². The molecule has 3 rings (SSSR count). The molecule has 0 fully saturated rings. The summed E-state index contributed by atoms with van der Waals surface area (Å²) in [5.74, 6) is -1.23. The summed E-state index contributed by atoms with van der Waals surface area (Å²) in [6.45, 7) is 4.75. The second kappa shape index (κ2) is 7.28.